The Bertz CT molecular complexity index is 1890. The van der Waals surface area contributed by atoms with Crippen molar-refractivity contribution in [2.24, 2.45) is 0 Å². The van der Waals surface area contributed by atoms with E-state index >= 15 is 0 Å². The van der Waals surface area contributed by atoms with Gasteiger partial charge in [0.05, 0.1) is 17.6 Å². The zero-order valence-electron chi connectivity index (χ0n) is 22.8. The van der Waals surface area contributed by atoms with E-state index < -0.39 is 0 Å². The molecule has 0 aliphatic rings. The van der Waals surface area contributed by atoms with Crippen LogP contribution in [0.25, 0.3) is 32.3 Å². The lowest BCUT2D eigenvalue weighted by molar-refractivity contribution is 1.13. The van der Waals surface area contributed by atoms with Crippen LogP contribution in [-0.2, 0) is 0 Å². The number of hydrogen-bond donors (Lipinski definition) is 0. The molecular formula is C38H26N4. The topological polar surface area (TPSA) is 32.3 Å². The Kier molecular flexibility index (Phi) is 5.75. The Hall–Kier alpha value is -5.74. The summed E-state index contributed by atoms with van der Waals surface area (Å²) in [5.41, 5.74) is 5.49. The number of benzene rings is 7. The fraction of sp³-hybridized carbons (Fsp3) is 0. The number of para-hydroxylation sites is 3. The molecule has 0 saturated carbocycles. The van der Waals surface area contributed by atoms with Crippen LogP contribution in [0.1, 0.15) is 0 Å². The summed E-state index contributed by atoms with van der Waals surface area (Å²) in [7, 11) is 0. The van der Waals surface area contributed by atoms with Crippen LogP contribution in [0.15, 0.2) is 158 Å². The average molecular weight is 539 g/mol. The first-order valence-electron chi connectivity index (χ1n) is 14.1. The average Bonchev–Trinajstić information content (AvgIpc) is 3.07. The van der Waals surface area contributed by atoms with E-state index in [0.717, 1.165) is 34.3 Å². The fourth-order valence-corrected chi connectivity index (χ4v) is 6.12. The lowest BCUT2D eigenvalue weighted by atomic mass is 9.92. The lowest BCUT2D eigenvalue weighted by Crippen LogP contribution is -2.12. The summed E-state index contributed by atoms with van der Waals surface area (Å²) in [4.78, 5) is 13.6. The number of hydrogen-bond acceptors (Lipinski definition) is 4. The number of aromatic nitrogens is 2. The van der Waals surface area contributed by atoms with Crippen molar-refractivity contribution in [2.75, 3.05) is 9.80 Å². The predicted octanol–water partition coefficient (Wildman–Crippen LogP) is 10.3. The maximum Gasteiger partial charge on any atom is 0.156 e. The van der Waals surface area contributed by atoms with E-state index in [1.54, 1.807) is 12.4 Å². The van der Waals surface area contributed by atoms with Crippen molar-refractivity contribution >= 4 is 66.6 Å². The van der Waals surface area contributed by atoms with E-state index in [2.05, 4.69) is 148 Å². The van der Waals surface area contributed by atoms with E-state index in [1.807, 2.05) is 12.3 Å². The zero-order valence-corrected chi connectivity index (χ0v) is 22.8. The molecule has 0 radical (unpaired) electrons. The molecule has 7 aromatic carbocycles. The van der Waals surface area contributed by atoms with Gasteiger partial charge in [-0.3, -0.25) is 9.88 Å². The molecule has 4 heteroatoms. The molecule has 0 bridgehead atoms. The molecule has 0 unspecified atom stereocenters. The Labute approximate surface area is 244 Å². The first kappa shape index (κ1) is 24.1. The van der Waals surface area contributed by atoms with Gasteiger partial charge >= 0.3 is 0 Å². The van der Waals surface area contributed by atoms with Gasteiger partial charge < -0.3 is 4.90 Å². The minimum atomic E-state index is 0.777. The summed E-state index contributed by atoms with van der Waals surface area (Å²) in [6.45, 7) is 0. The molecule has 4 nitrogen and oxygen atoms in total. The van der Waals surface area contributed by atoms with Crippen molar-refractivity contribution in [3.05, 3.63) is 158 Å². The van der Waals surface area contributed by atoms with Crippen molar-refractivity contribution in [2.45, 2.75) is 0 Å². The van der Waals surface area contributed by atoms with Crippen LogP contribution in [0, 0.1) is 0 Å². The van der Waals surface area contributed by atoms with Crippen molar-refractivity contribution in [3.63, 3.8) is 0 Å². The van der Waals surface area contributed by atoms with Crippen LogP contribution in [-0.4, -0.2) is 9.97 Å². The molecular weight excluding hydrogens is 512 g/mol. The minimum Gasteiger partial charge on any atom is -0.310 e. The van der Waals surface area contributed by atoms with E-state index in [1.165, 1.54) is 32.3 Å². The maximum absolute atomic E-state index is 4.70. The minimum absolute atomic E-state index is 0.777. The van der Waals surface area contributed by atoms with Crippen LogP contribution in [0.3, 0.4) is 0 Å². The Morgan fingerprint density at radius 2 is 0.857 bits per heavy atom. The van der Waals surface area contributed by atoms with Gasteiger partial charge in [0, 0.05) is 40.2 Å². The standard InChI is InChI=1S/C38H26N4/c1-4-10-29(11-5-1)41(30-12-6-2-7-13-30)34-22-18-27-17-21-33-35(23-19-28-16-20-32(34)37(27)38(28)33)42(31-14-8-3-9-15-31)36-26-39-24-25-40-36/h1-26H. The SMILES string of the molecule is c1ccc(N(c2ccccc2)c2ccc3ccc4c(N(c5ccccc5)c5cnccn5)ccc5ccc2c3c54)cc1. The molecule has 1 heterocycles. The number of nitrogens with zero attached hydrogens (tertiary/aromatic N) is 4. The molecule has 0 N–H and O–H groups in total. The Morgan fingerprint density at radius 1 is 0.405 bits per heavy atom. The quantitative estimate of drug-likeness (QED) is 0.197. The van der Waals surface area contributed by atoms with Crippen molar-refractivity contribution in [3.8, 4) is 0 Å². The van der Waals surface area contributed by atoms with E-state index in [0.29, 0.717) is 0 Å². The highest BCUT2D eigenvalue weighted by Gasteiger charge is 2.21. The zero-order chi connectivity index (χ0) is 27.9. The van der Waals surface area contributed by atoms with Gasteiger partial charge in [-0.05, 0) is 70.1 Å². The Morgan fingerprint density at radius 3 is 1.33 bits per heavy atom. The molecule has 8 aromatic rings. The summed E-state index contributed by atoms with van der Waals surface area (Å²) >= 11 is 0. The third kappa shape index (κ3) is 3.93. The van der Waals surface area contributed by atoms with Gasteiger partial charge in [0.25, 0.3) is 0 Å². The normalized spacial score (nSPS) is 11.3. The predicted molar refractivity (Wildman–Crippen MR) is 175 cm³/mol. The van der Waals surface area contributed by atoms with E-state index in [9.17, 15) is 0 Å². The summed E-state index contributed by atoms with van der Waals surface area (Å²) in [5, 5.41) is 7.31. The summed E-state index contributed by atoms with van der Waals surface area (Å²) in [6.07, 6.45) is 5.28. The van der Waals surface area contributed by atoms with Crippen molar-refractivity contribution in [1.82, 2.24) is 9.97 Å². The molecule has 198 valence electrons. The van der Waals surface area contributed by atoms with E-state index in [-0.39, 0.29) is 0 Å². The highest BCUT2D eigenvalue weighted by molar-refractivity contribution is 6.28. The molecule has 0 aliphatic heterocycles. The van der Waals surface area contributed by atoms with Crippen LogP contribution >= 0.6 is 0 Å². The van der Waals surface area contributed by atoms with Gasteiger partial charge in [0.2, 0.25) is 0 Å². The lowest BCUT2D eigenvalue weighted by Gasteiger charge is -2.28. The second-order valence-electron chi connectivity index (χ2n) is 10.3. The molecule has 42 heavy (non-hydrogen) atoms. The highest BCUT2D eigenvalue weighted by Crippen LogP contribution is 2.46. The number of rotatable bonds is 6. The second-order valence-corrected chi connectivity index (χ2v) is 10.3. The Balaban J connectivity index is 1.42. The highest BCUT2D eigenvalue weighted by atomic mass is 15.2. The third-order valence-electron chi connectivity index (χ3n) is 7.92. The maximum atomic E-state index is 4.70. The molecule has 0 atom stereocenters. The summed E-state index contributed by atoms with van der Waals surface area (Å²) in [5.74, 6) is 0.777. The molecule has 0 spiro atoms. The molecule has 0 amide bonds. The fourth-order valence-electron chi connectivity index (χ4n) is 6.12. The second kappa shape index (κ2) is 10.0. The number of anilines is 6. The molecule has 8 rings (SSSR count). The molecule has 0 aliphatic carbocycles. The van der Waals surface area contributed by atoms with Crippen LogP contribution in [0.5, 0.6) is 0 Å². The van der Waals surface area contributed by atoms with Crippen LogP contribution in [0.4, 0.5) is 34.3 Å². The van der Waals surface area contributed by atoms with Crippen LogP contribution in [0.2, 0.25) is 0 Å². The molecule has 0 fully saturated rings. The van der Waals surface area contributed by atoms with Gasteiger partial charge in [0.15, 0.2) is 5.82 Å². The van der Waals surface area contributed by atoms with E-state index in [4.69, 9.17) is 4.98 Å². The van der Waals surface area contributed by atoms with Crippen LogP contribution < -0.4 is 9.80 Å². The van der Waals surface area contributed by atoms with Gasteiger partial charge in [-0.25, -0.2) is 4.98 Å². The third-order valence-corrected chi connectivity index (χ3v) is 7.92. The van der Waals surface area contributed by atoms with Gasteiger partial charge in [-0.1, -0.05) is 91.0 Å². The summed E-state index contributed by atoms with van der Waals surface area (Å²) < 4.78 is 0. The van der Waals surface area contributed by atoms with Gasteiger partial charge in [0.1, 0.15) is 0 Å². The molecule has 1 aromatic heterocycles. The monoisotopic (exact) mass is 538 g/mol. The smallest absolute Gasteiger partial charge is 0.156 e. The van der Waals surface area contributed by atoms with Crippen molar-refractivity contribution in [1.29, 1.82) is 0 Å². The summed E-state index contributed by atoms with van der Waals surface area (Å²) in [6, 6.07) is 49.5. The van der Waals surface area contributed by atoms with Crippen molar-refractivity contribution < 1.29 is 0 Å². The molecule has 0 saturated heterocycles. The first-order valence-corrected chi connectivity index (χ1v) is 14.1. The first-order chi connectivity index (χ1) is 20.9. The van der Waals surface area contributed by atoms with Gasteiger partial charge in [-0.2, -0.15) is 0 Å². The van der Waals surface area contributed by atoms with Gasteiger partial charge in [-0.15, -0.1) is 0 Å². The largest absolute Gasteiger partial charge is 0.310 e.